The minimum atomic E-state index is -0.296. The van der Waals surface area contributed by atoms with Crippen molar-refractivity contribution in [3.63, 3.8) is 0 Å². The summed E-state index contributed by atoms with van der Waals surface area (Å²) in [6, 6.07) is 14.9. The van der Waals surface area contributed by atoms with Gasteiger partial charge < -0.3 is 14.6 Å². The molecule has 0 saturated carbocycles. The van der Waals surface area contributed by atoms with E-state index in [4.69, 9.17) is 16.3 Å². The highest BCUT2D eigenvalue weighted by Crippen LogP contribution is 2.28. The zero-order valence-corrected chi connectivity index (χ0v) is 18.1. The first-order valence-electron chi connectivity index (χ1n) is 9.31. The quantitative estimate of drug-likeness (QED) is 0.501. The van der Waals surface area contributed by atoms with Gasteiger partial charge in [0.25, 0.3) is 0 Å². The Labute approximate surface area is 179 Å². The fraction of sp³-hybridized carbons (Fsp3) is 0.286. The van der Waals surface area contributed by atoms with Crippen molar-refractivity contribution in [1.29, 1.82) is 0 Å². The third-order valence-corrected chi connectivity index (χ3v) is 5.46. The van der Waals surface area contributed by atoms with Crippen molar-refractivity contribution in [3.05, 3.63) is 64.9 Å². The zero-order chi connectivity index (χ0) is 20.8. The molecule has 1 atom stereocenters. The van der Waals surface area contributed by atoms with Gasteiger partial charge in [-0.3, -0.25) is 4.79 Å². The van der Waals surface area contributed by atoms with Gasteiger partial charge in [0.2, 0.25) is 5.91 Å². The Balaban J connectivity index is 1.65. The number of anilines is 1. The molecular weight excluding hydrogens is 408 g/mol. The molecule has 0 aliphatic rings. The van der Waals surface area contributed by atoms with Crippen molar-refractivity contribution in [2.75, 3.05) is 11.1 Å². The largest absolute Gasteiger partial charge is 0.482 e. The average molecular weight is 431 g/mol. The van der Waals surface area contributed by atoms with E-state index in [2.05, 4.69) is 15.5 Å². The second kappa shape index (κ2) is 9.80. The number of thioether (sulfide) groups is 1. The zero-order valence-electron chi connectivity index (χ0n) is 16.6. The molecule has 0 saturated heterocycles. The molecular formula is C21H23ClN4O2S. The Kier molecular flexibility index (Phi) is 7.17. The predicted molar refractivity (Wildman–Crippen MR) is 117 cm³/mol. The second-order valence-electron chi connectivity index (χ2n) is 6.46. The van der Waals surface area contributed by atoms with Crippen LogP contribution in [0.4, 0.5) is 5.69 Å². The fourth-order valence-corrected chi connectivity index (χ4v) is 3.88. The normalized spacial score (nSPS) is 11.9. The minimum Gasteiger partial charge on any atom is -0.482 e. The number of carbonyl (C=O) groups excluding carboxylic acids is 1. The van der Waals surface area contributed by atoms with Gasteiger partial charge in [0, 0.05) is 17.3 Å². The molecule has 0 radical (unpaired) electrons. The van der Waals surface area contributed by atoms with Crippen molar-refractivity contribution in [1.82, 2.24) is 14.8 Å². The number of ether oxygens (including phenoxy) is 1. The lowest BCUT2D eigenvalue weighted by atomic mass is 10.2. The van der Waals surface area contributed by atoms with E-state index < -0.39 is 0 Å². The van der Waals surface area contributed by atoms with Crippen LogP contribution in [-0.4, -0.2) is 26.4 Å². The summed E-state index contributed by atoms with van der Waals surface area (Å²) < 4.78 is 8.04. The van der Waals surface area contributed by atoms with Crippen molar-refractivity contribution in [2.24, 2.45) is 0 Å². The smallest absolute Gasteiger partial charge is 0.234 e. The van der Waals surface area contributed by atoms with Crippen LogP contribution < -0.4 is 10.1 Å². The third kappa shape index (κ3) is 5.52. The van der Waals surface area contributed by atoms with Crippen LogP contribution in [0.5, 0.6) is 5.75 Å². The first-order chi connectivity index (χ1) is 14.0. The Morgan fingerprint density at radius 3 is 2.69 bits per heavy atom. The molecule has 8 heteroatoms. The topological polar surface area (TPSA) is 69.0 Å². The standard InChI is InChI=1S/C21H23ClN4O2S/c1-4-26-20(15(3)28-18-11-10-16(22)12-14(18)2)24-25-21(26)29-13-19(27)23-17-8-6-5-7-9-17/h5-12,15H,4,13H2,1-3H3,(H,23,27). The van der Waals surface area contributed by atoms with Crippen LogP contribution in [0.3, 0.4) is 0 Å². The number of carbonyl (C=O) groups is 1. The molecule has 0 aliphatic heterocycles. The second-order valence-corrected chi connectivity index (χ2v) is 7.84. The number of hydrogen-bond donors (Lipinski definition) is 1. The summed E-state index contributed by atoms with van der Waals surface area (Å²) >= 11 is 7.37. The summed E-state index contributed by atoms with van der Waals surface area (Å²) in [5.74, 6) is 1.63. The fourth-order valence-electron chi connectivity index (χ4n) is 2.84. The van der Waals surface area contributed by atoms with E-state index >= 15 is 0 Å². The molecule has 152 valence electrons. The van der Waals surface area contributed by atoms with E-state index in [1.807, 2.05) is 67.8 Å². The van der Waals surface area contributed by atoms with Crippen molar-refractivity contribution < 1.29 is 9.53 Å². The molecule has 1 N–H and O–H groups in total. The average Bonchev–Trinajstić information content (AvgIpc) is 3.12. The van der Waals surface area contributed by atoms with E-state index in [-0.39, 0.29) is 17.8 Å². The van der Waals surface area contributed by atoms with Gasteiger partial charge in [-0.15, -0.1) is 10.2 Å². The summed E-state index contributed by atoms with van der Waals surface area (Å²) in [6.45, 7) is 6.57. The summed E-state index contributed by atoms with van der Waals surface area (Å²) in [6.07, 6.45) is -0.296. The van der Waals surface area contributed by atoms with Crippen LogP contribution in [0.1, 0.15) is 31.3 Å². The highest BCUT2D eigenvalue weighted by molar-refractivity contribution is 7.99. The molecule has 1 heterocycles. The molecule has 3 rings (SSSR count). The first-order valence-corrected chi connectivity index (χ1v) is 10.7. The van der Waals surface area contributed by atoms with Crippen LogP contribution in [0.25, 0.3) is 0 Å². The summed E-state index contributed by atoms with van der Waals surface area (Å²) in [5.41, 5.74) is 1.73. The summed E-state index contributed by atoms with van der Waals surface area (Å²) in [4.78, 5) is 12.2. The molecule has 0 spiro atoms. The van der Waals surface area contributed by atoms with Crippen LogP contribution in [0.15, 0.2) is 53.7 Å². The molecule has 6 nitrogen and oxygen atoms in total. The van der Waals surface area contributed by atoms with Crippen molar-refractivity contribution >= 4 is 35.0 Å². The highest BCUT2D eigenvalue weighted by Gasteiger charge is 2.20. The van der Waals surface area contributed by atoms with E-state index in [1.165, 1.54) is 11.8 Å². The number of amides is 1. The van der Waals surface area contributed by atoms with Crippen LogP contribution >= 0.6 is 23.4 Å². The maximum absolute atomic E-state index is 12.2. The molecule has 3 aromatic rings. The third-order valence-electron chi connectivity index (χ3n) is 4.26. The predicted octanol–water partition coefficient (Wildman–Crippen LogP) is 5.13. The summed E-state index contributed by atoms with van der Waals surface area (Å²) in [7, 11) is 0. The Morgan fingerprint density at radius 2 is 2.00 bits per heavy atom. The van der Waals surface area contributed by atoms with Gasteiger partial charge in [0.1, 0.15) is 5.75 Å². The van der Waals surface area contributed by atoms with E-state index in [0.717, 1.165) is 17.0 Å². The number of halogens is 1. The number of nitrogens with one attached hydrogen (secondary N) is 1. The van der Waals surface area contributed by atoms with Gasteiger partial charge in [0.05, 0.1) is 5.75 Å². The SMILES string of the molecule is CCn1c(SCC(=O)Nc2ccccc2)nnc1C(C)Oc1ccc(Cl)cc1C. The Bertz CT molecular complexity index is 978. The number of para-hydroxylation sites is 1. The maximum atomic E-state index is 12.2. The van der Waals surface area contributed by atoms with Crippen LogP contribution in [-0.2, 0) is 11.3 Å². The highest BCUT2D eigenvalue weighted by atomic mass is 35.5. The van der Waals surface area contributed by atoms with E-state index in [0.29, 0.717) is 22.5 Å². The van der Waals surface area contributed by atoms with Crippen LogP contribution in [0.2, 0.25) is 5.02 Å². The lowest BCUT2D eigenvalue weighted by Gasteiger charge is -2.17. The molecule has 1 unspecified atom stereocenters. The van der Waals surface area contributed by atoms with Gasteiger partial charge in [-0.05, 0) is 56.7 Å². The van der Waals surface area contributed by atoms with Gasteiger partial charge in [-0.1, -0.05) is 41.6 Å². The number of rotatable bonds is 8. The van der Waals surface area contributed by atoms with Gasteiger partial charge >= 0.3 is 0 Å². The van der Waals surface area contributed by atoms with Crippen LogP contribution in [0, 0.1) is 6.92 Å². The van der Waals surface area contributed by atoms with E-state index in [1.54, 1.807) is 6.07 Å². The molecule has 1 aromatic heterocycles. The maximum Gasteiger partial charge on any atom is 0.234 e. The van der Waals surface area contributed by atoms with Gasteiger partial charge in [0.15, 0.2) is 17.1 Å². The summed E-state index contributed by atoms with van der Waals surface area (Å²) in [5, 5.41) is 12.8. The molecule has 0 bridgehead atoms. The molecule has 0 fully saturated rings. The first kappa shape index (κ1) is 21.2. The van der Waals surface area contributed by atoms with Gasteiger partial charge in [-0.25, -0.2) is 0 Å². The molecule has 29 heavy (non-hydrogen) atoms. The molecule has 0 aliphatic carbocycles. The monoisotopic (exact) mass is 430 g/mol. The number of nitrogens with zero attached hydrogens (tertiary/aromatic N) is 3. The number of aromatic nitrogens is 3. The number of benzene rings is 2. The number of hydrogen-bond acceptors (Lipinski definition) is 5. The lowest BCUT2D eigenvalue weighted by molar-refractivity contribution is -0.113. The van der Waals surface area contributed by atoms with Crippen molar-refractivity contribution in [3.8, 4) is 5.75 Å². The van der Waals surface area contributed by atoms with E-state index in [9.17, 15) is 4.79 Å². The lowest BCUT2D eigenvalue weighted by Crippen LogP contribution is -2.15. The van der Waals surface area contributed by atoms with Crippen molar-refractivity contribution in [2.45, 2.75) is 38.6 Å². The Morgan fingerprint density at radius 1 is 1.24 bits per heavy atom. The number of aryl methyl sites for hydroxylation is 1. The Hall–Kier alpha value is -2.51. The molecule has 1 amide bonds. The van der Waals surface area contributed by atoms with Gasteiger partial charge in [-0.2, -0.15) is 0 Å². The minimum absolute atomic E-state index is 0.0884. The molecule has 2 aromatic carbocycles.